The fourth-order valence-corrected chi connectivity index (χ4v) is 1.93. The first kappa shape index (κ1) is 28.1. The molecule has 0 bridgehead atoms. The van der Waals surface area contributed by atoms with Crippen LogP contribution in [0, 0.1) is 11.9 Å². The quantitative estimate of drug-likeness (QED) is 0.616. The lowest BCUT2D eigenvalue weighted by atomic mass is 10.3. The van der Waals surface area contributed by atoms with E-state index < -0.39 is 65.3 Å². The van der Waals surface area contributed by atoms with Crippen LogP contribution in [0.15, 0.2) is 4.79 Å². The maximum Gasteiger partial charge on any atom is 0.440 e. The average Bonchev–Trinajstić information content (AvgIpc) is 2.99. The zero-order valence-electron chi connectivity index (χ0n) is 15.5. The van der Waals surface area contributed by atoms with Crippen molar-refractivity contribution in [2.75, 3.05) is 0 Å². The summed E-state index contributed by atoms with van der Waals surface area (Å²) in [5, 5.41) is 4.16. The topological polar surface area (TPSA) is 64.8 Å². The number of hydrogen-bond acceptors (Lipinski definition) is 3. The minimum Gasteiger partial charge on any atom is -0.410 e. The number of alkyl halides is 12. The van der Waals surface area contributed by atoms with Crippen LogP contribution in [0.3, 0.4) is 0 Å². The number of aryl methyl sites for hydroxylation is 2. The molecular formula is C13H8F14N4O2. The van der Waals surface area contributed by atoms with Gasteiger partial charge < -0.3 is 4.74 Å². The van der Waals surface area contributed by atoms with E-state index in [1.807, 2.05) is 0 Å². The van der Waals surface area contributed by atoms with Crippen molar-refractivity contribution >= 4 is 0 Å². The smallest absolute Gasteiger partial charge is 0.410 e. The van der Waals surface area contributed by atoms with Crippen LogP contribution in [0.1, 0.15) is 11.1 Å². The lowest BCUT2D eigenvalue weighted by molar-refractivity contribution is -0.306. The molecular weight excluding hydrogens is 510 g/mol. The molecule has 0 aromatic carbocycles. The first-order valence-electron chi connectivity index (χ1n) is 7.60. The summed E-state index contributed by atoms with van der Waals surface area (Å²) in [6.45, 7) is 0. The van der Waals surface area contributed by atoms with Crippen LogP contribution in [-0.4, -0.2) is 38.0 Å². The highest BCUT2D eigenvalue weighted by molar-refractivity contribution is 5.28. The number of H-pyrrole nitrogens is 1. The summed E-state index contributed by atoms with van der Waals surface area (Å²) in [6.07, 6.45) is -27.3. The number of hydrogen-bond donors (Lipinski definition) is 1. The summed E-state index contributed by atoms with van der Waals surface area (Å²) in [6, 6.07) is 0. The van der Waals surface area contributed by atoms with Gasteiger partial charge in [-0.25, -0.2) is 9.07 Å². The molecule has 0 aliphatic rings. The third-order valence-electron chi connectivity index (χ3n) is 3.32. The van der Waals surface area contributed by atoms with Crippen LogP contribution in [-0.2, 0) is 26.4 Å². The average molecular weight is 518 g/mol. The maximum absolute atomic E-state index is 13.1. The summed E-state index contributed by atoms with van der Waals surface area (Å²) in [4.78, 5) is 10.5. The van der Waals surface area contributed by atoms with E-state index in [0.717, 1.165) is 7.05 Å². The molecule has 0 radical (unpaired) electrons. The van der Waals surface area contributed by atoms with Crippen LogP contribution >= 0.6 is 0 Å². The molecule has 1 atom stereocenters. The van der Waals surface area contributed by atoms with Crippen LogP contribution in [0.4, 0.5) is 61.5 Å². The second kappa shape index (κ2) is 8.76. The van der Waals surface area contributed by atoms with Crippen molar-refractivity contribution in [1.82, 2.24) is 19.6 Å². The van der Waals surface area contributed by atoms with E-state index in [1.165, 1.54) is 0 Å². The van der Waals surface area contributed by atoms with Gasteiger partial charge in [0.2, 0.25) is 11.9 Å². The third kappa shape index (κ3) is 6.30. The van der Waals surface area contributed by atoms with Gasteiger partial charge in [-0.1, -0.05) is 0 Å². The van der Waals surface area contributed by atoms with Gasteiger partial charge in [-0.2, -0.15) is 57.1 Å². The molecule has 2 aromatic heterocycles. The molecule has 0 fully saturated rings. The second-order valence-electron chi connectivity index (χ2n) is 5.82. The fourth-order valence-electron chi connectivity index (χ4n) is 1.93. The number of aromatic nitrogens is 4. The van der Waals surface area contributed by atoms with Gasteiger partial charge in [0, 0.05) is 14.1 Å². The molecule has 1 unspecified atom stereocenters. The van der Waals surface area contributed by atoms with Crippen molar-refractivity contribution in [2.24, 2.45) is 14.1 Å². The standard InChI is InChI=1S/C8H4F10N2O.C5H4F4N2O/c1-20-3(9)2(6(11,12)13)4(19-20)21-8(17,18)5(10)7(14,15)16;1-11-3(6)2(4(12)10-11)5(7,8)9/h5H,1H3;1H3,(H,10,12). The molecule has 2 aromatic rings. The Labute approximate surface area is 171 Å². The molecule has 2 heterocycles. The molecule has 33 heavy (non-hydrogen) atoms. The Bertz CT molecular complexity index is 1030. The molecule has 1 N–H and O–H groups in total. The van der Waals surface area contributed by atoms with E-state index in [9.17, 15) is 66.3 Å². The number of aromatic amines is 1. The summed E-state index contributed by atoms with van der Waals surface area (Å²) < 4.78 is 175. The van der Waals surface area contributed by atoms with Gasteiger partial charge >= 0.3 is 24.6 Å². The number of nitrogens with one attached hydrogen (secondary N) is 1. The van der Waals surface area contributed by atoms with Crippen molar-refractivity contribution in [1.29, 1.82) is 0 Å². The highest BCUT2D eigenvalue weighted by Gasteiger charge is 2.60. The van der Waals surface area contributed by atoms with Gasteiger partial charge in [-0.3, -0.25) is 14.6 Å². The van der Waals surface area contributed by atoms with Gasteiger partial charge in [0.05, 0.1) is 0 Å². The maximum atomic E-state index is 13.1. The van der Waals surface area contributed by atoms with Gasteiger partial charge in [-0.05, 0) is 0 Å². The molecule has 0 saturated heterocycles. The number of ether oxygens (including phenoxy) is 1. The van der Waals surface area contributed by atoms with Crippen LogP contribution in [0.5, 0.6) is 5.88 Å². The zero-order valence-corrected chi connectivity index (χ0v) is 15.5. The van der Waals surface area contributed by atoms with E-state index >= 15 is 0 Å². The lowest BCUT2D eigenvalue weighted by Gasteiger charge is -2.22. The highest BCUT2D eigenvalue weighted by Crippen LogP contribution is 2.42. The lowest BCUT2D eigenvalue weighted by Crippen LogP contribution is -2.46. The molecule has 20 heteroatoms. The predicted octanol–water partition coefficient (Wildman–Crippen LogP) is 4.32. The van der Waals surface area contributed by atoms with Crippen molar-refractivity contribution in [3.05, 3.63) is 33.4 Å². The van der Waals surface area contributed by atoms with E-state index in [-0.39, 0.29) is 4.68 Å². The molecule has 0 saturated carbocycles. The SMILES string of the molecule is Cn1[nH]c(=O)c(C(F)(F)F)c1F.Cn1nc(OC(F)(F)C(F)C(F)(F)F)c(C(F)(F)F)c1F. The van der Waals surface area contributed by atoms with E-state index in [0.29, 0.717) is 11.7 Å². The zero-order chi connectivity index (χ0) is 26.3. The van der Waals surface area contributed by atoms with Gasteiger partial charge in [0.15, 0.2) is 11.1 Å². The Balaban J connectivity index is 0.000000383. The van der Waals surface area contributed by atoms with Crippen LogP contribution < -0.4 is 10.3 Å². The molecule has 190 valence electrons. The molecule has 0 spiro atoms. The summed E-state index contributed by atoms with van der Waals surface area (Å²) in [5.41, 5.74) is -5.73. The summed E-state index contributed by atoms with van der Waals surface area (Å²) in [5.74, 6) is -6.00. The molecule has 0 aliphatic carbocycles. The summed E-state index contributed by atoms with van der Waals surface area (Å²) >= 11 is 0. The van der Waals surface area contributed by atoms with E-state index in [1.54, 1.807) is 5.10 Å². The Morgan fingerprint density at radius 1 is 0.848 bits per heavy atom. The monoisotopic (exact) mass is 518 g/mol. The Hall–Kier alpha value is -2.96. The normalized spacial score (nSPS) is 14.1. The third-order valence-corrected chi connectivity index (χ3v) is 3.32. The largest absolute Gasteiger partial charge is 0.440 e. The second-order valence-corrected chi connectivity index (χ2v) is 5.82. The molecule has 2 rings (SSSR count). The Morgan fingerprint density at radius 3 is 1.61 bits per heavy atom. The van der Waals surface area contributed by atoms with E-state index in [2.05, 4.69) is 9.84 Å². The van der Waals surface area contributed by atoms with Crippen LogP contribution in [0.2, 0.25) is 0 Å². The molecule has 0 aliphatic heterocycles. The number of halogens is 14. The summed E-state index contributed by atoms with van der Waals surface area (Å²) in [7, 11) is 1.53. The van der Waals surface area contributed by atoms with Crippen LogP contribution in [0.25, 0.3) is 0 Å². The molecule has 0 amide bonds. The van der Waals surface area contributed by atoms with E-state index in [4.69, 9.17) is 0 Å². The highest BCUT2D eigenvalue weighted by atomic mass is 19.4. The number of nitrogens with zero attached hydrogens (tertiary/aromatic N) is 3. The minimum absolute atomic E-state index is 0.199. The number of rotatable bonds is 3. The fraction of sp³-hybridized carbons (Fsp3) is 0.538. The van der Waals surface area contributed by atoms with Crippen molar-refractivity contribution in [2.45, 2.75) is 30.8 Å². The first-order valence-corrected chi connectivity index (χ1v) is 7.60. The van der Waals surface area contributed by atoms with Crippen molar-refractivity contribution in [3.8, 4) is 5.88 Å². The minimum atomic E-state index is -6.10. The van der Waals surface area contributed by atoms with Gasteiger partial charge in [0.1, 0.15) is 0 Å². The van der Waals surface area contributed by atoms with Crippen molar-refractivity contribution in [3.63, 3.8) is 0 Å². The first-order chi connectivity index (χ1) is 14.5. The Morgan fingerprint density at radius 2 is 1.30 bits per heavy atom. The predicted molar refractivity (Wildman–Crippen MR) is 75.7 cm³/mol. The van der Waals surface area contributed by atoms with Gasteiger partial charge in [0.25, 0.3) is 17.6 Å². The molecule has 6 nitrogen and oxygen atoms in total. The Kier molecular flexibility index (Phi) is 7.46. The van der Waals surface area contributed by atoms with Crippen molar-refractivity contribution < 1.29 is 66.2 Å². The van der Waals surface area contributed by atoms with Gasteiger partial charge in [-0.15, -0.1) is 5.10 Å².